The minimum Gasteiger partial charge on any atom is -0.337 e. The highest BCUT2D eigenvalue weighted by Crippen LogP contribution is 2.25. The van der Waals surface area contributed by atoms with E-state index in [0.29, 0.717) is 16.6 Å². The van der Waals surface area contributed by atoms with Crippen LogP contribution >= 0.6 is 39.1 Å². The van der Waals surface area contributed by atoms with Crippen molar-refractivity contribution in [3.05, 3.63) is 68.1 Å². The Morgan fingerprint density at radius 1 is 1.00 bits per heavy atom. The van der Waals surface area contributed by atoms with Crippen LogP contribution in [0.2, 0.25) is 10.0 Å². The van der Waals surface area contributed by atoms with Crippen molar-refractivity contribution in [2.45, 2.75) is 19.0 Å². The fraction of sp³-hybridized carbons (Fsp3) is 0.409. The Hall–Kier alpha value is -1.11. The van der Waals surface area contributed by atoms with Gasteiger partial charge in [0.2, 0.25) is 0 Å². The smallest absolute Gasteiger partial charge is 0.253 e. The molecule has 4 rings (SSSR count). The van der Waals surface area contributed by atoms with Crippen molar-refractivity contribution in [2.24, 2.45) is 0 Å². The molecule has 2 saturated heterocycles. The van der Waals surface area contributed by atoms with Crippen molar-refractivity contribution in [1.29, 1.82) is 0 Å². The maximum atomic E-state index is 12.8. The van der Waals surface area contributed by atoms with Crippen molar-refractivity contribution in [1.82, 2.24) is 14.7 Å². The zero-order valence-electron chi connectivity index (χ0n) is 16.2. The number of hydrogen-bond donors (Lipinski definition) is 0. The van der Waals surface area contributed by atoms with E-state index in [9.17, 15) is 4.79 Å². The van der Waals surface area contributed by atoms with Gasteiger partial charge in [-0.15, -0.1) is 0 Å². The molecule has 2 aromatic rings. The second kappa shape index (κ2) is 9.36. The van der Waals surface area contributed by atoms with Gasteiger partial charge in [0.15, 0.2) is 0 Å². The minimum atomic E-state index is 0.0891. The molecule has 0 bridgehead atoms. The molecule has 1 atom stereocenters. The Labute approximate surface area is 190 Å². The van der Waals surface area contributed by atoms with Crippen LogP contribution in [0.1, 0.15) is 22.3 Å². The van der Waals surface area contributed by atoms with E-state index in [-0.39, 0.29) is 5.91 Å². The van der Waals surface area contributed by atoms with Crippen LogP contribution in [0.3, 0.4) is 0 Å². The summed E-state index contributed by atoms with van der Waals surface area (Å²) in [6.45, 7) is 6.78. The van der Waals surface area contributed by atoms with Crippen LogP contribution in [-0.4, -0.2) is 65.9 Å². The van der Waals surface area contributed by atoms with Gasteiger partial charge in [0.05, 0.1) is 5.02 Å². The predicted octanol–water partition coefficient (Wildman–Crippen LogP) is 4.79. The van der Waals surface area contributed by atoms with Gasteiger partial charge < -0.3 is 4.90 Å². The first kappa shape index (κ1) is 21.1. The van der Waals surface area contributed by atoms with Crippen LogP contribution < -0.4 is 0 Å². The molecule has 0 aromatic heterocycles. The average molecular weight is 497 g/mol. The molecule has 154 valence electrons. The van der Waals surface area contributed by atoms with Gasteiger partial charge in [0, 0.05) is 66.9 Å². The SMILES string of the molecule is O=C(c1ccc(Cl)c(Br)c1)N1CCC(N2CCN(Cc3ccc(Cl)cc3)CC2)C1. The summed E-state index contributed by atoms with van der Waals surface area (Å²) in [5.41, 5.74) is 1.99. The minimum absolute atomic E-state index is 0.0891. The van der Waals surface area contributed by atoms with E-state index in [1.807, 2.05) is 23.1 Å². The molecule has 29 heavy (non-hydrogen) atoms. The van der Waals surface area contributed by atoms with E-state index in [1.54, 1.807) is 12.1 Å². The quantitative estimate of drug-likeness (QED) is 0.608. The summed E-state index contributed by atoms with van der Waals surface area (Å²) in [5.74, 6) is 0.0891. The lowest BCUT2D eigenvalue weighted by Gasteiger charge is -2.38. The third-order valence-electron chi connectivity index (χ3n) is 5.86. The maximum Gasteiger partial charge on any atom is 0.253 e. The number of rotatable bonds is 4. The molecule has 2 aliphatic heterocycles. The van der Waals surface area contributed by atoms with Crippen LogP contribution in [0.25, 0.3) is 0 Å². The Morgan fingerprint density at radius 2 is 1.72 bits per heavy atom. The lowest BCUT2D eigenvalue weighted by atomic mass is 10.1. The zero-order valence-corrected chi connectivity index (χ0v) is 19.3. The van der Waals surface area contributed by atoms with E-state index < -0.39 is 0 Å². The van der Waals surface area contributed by atoms with Crippen molar-refractivity contribution < 1.29 is 4.79 Å². The number of likely N-dealkylation sites (tertiary alicyclic amines) is 1. The van der Waals surface area contributed by atoms with Crippen LogP contribution in [0, 0.1) is 0 Å². The number of nitrogens with zero attached hydrogens (tertiary/aromatic N) is 3. The van der Waals surface area contributed by atoms with Gasteiger partial charge >= 0.3 is 0 Å². The van der Waals surface area contributed by atoms with Crippen LogP contribution in [0.15, 0.2) is 46.9 Å². The Morgan fingerprint density at radius 3 is 2.41 bits per heavy atom. The Bertz CT molecular complexity index is 869. The highest BCUT2D eigenvalue weighted by atomic mass is 79.9. The third-order valence-corrected chi connectivity index (χ3v) is 7.33. The fourth-order valence-corrected chi connectivity index (χ4v) is 4.79. The first-order chi connectivity index (χ1) is 14.0. The van der Waals surface area contributed by atoms with Gasteiger partial charge in [-0.25, -0.2) is 0 Å². The van der Waals surface area contributed by atoms with Gasteiger partial charge in [0.25, 0.3) is 5.91 Å². The number of benzene rings is 2. The number of hydrogen-bond acceptors (Lipinski definition) is 3. The van der Waals surface area contributed by atoms with Crippen molar-refractivity contribution in [3.63, 3.8) is 0 Å². The van der Waals surface area contributed by atoms with E-state index in [0.717, 1.165) is 61.7 Å². The molecule has 2 heterocycles. The number of carbonyl (C=O) groups is 1. The summed E-state index contributed by atoms with van der Waals surface area (Å²) in [4.78, 5) is 19.9. The molecular formula is C22H24BrCl2N3O. The Kier molecular flexibility index (Phi) is 6.82. The van der Waals surface area contributed by atoms with Crippen LogP contribution in [0.4, 0.5) is 0 Å². The molecule has 0 radical (unpaired) electrons. The molecule has 1 amide bonds. The zero-order chi connectivity index (χ0) is 20.4. The third kappa shape index (κ3) is 5.15. The first-order valence-corrected chi connectivity index (χ1v) is 11.5. The van der Waals surface area contributed by atoms with Gasteiger partial charge in [-0.2, -0.15) is 0 Å². The van der Waals surface area contributed by atoms with Gasteiger partial charge in [0.1, 0.15) is 0 Å². The molecule has 2 aliphatic rings. The molecule has 0 spiro atoms. The molecule has 0 N–H and O–H groups in total. The molecular weight excluding hydrogens is 473 g/mol. The summed E-state index contributed by atoms with van der Waals surface area (Å²) in [6.07, 6.45) is 1.04. The van der Waals surface area contributed by atoms with E-state index >= 15 is 0 Å². The predicted molar refractivity (Wildman–Crippen MR) is 122 cm³/mol. The Balaban J connectivity index is 1.28. The van der Waals surface area contributed by atoms with E-state index in [4.69, 9.17) is 23.2 Å². The first-order valence-electron chi connectivity index (χ1n) is 9.95. The topological polar surface area (TPSA) is 26.8 Å². The normalized spacial score (nSPS) is 20.9. The number of halogens is 3. The summed E-state index contributed by atoms with van der Waals surface area (Å²) < 4.78 is 0.762. The van der Waals surface area contributed by atoms with Crippen LogP contribution in [0.5, 0.6) is 0 Å². The van der Waals surface area contributed by atoms with Gasteiger partial charge in [-0.1, -0.05) is 35.3 Å². The number of amides is 1. The summed E-state index contributed by atoms with van der Waals surface area (Å²) in [5, 5.41) is 1.40. The molecule has 0 aliphatic carbocycles. The molecule has 4 nitrogen and oxygen atoms in total. The molecule has 7 heteroatoms. The molecule has 2 aromatic carbocycles. The van der Waals surface area contributed by atoms with Crippen molar-refractivity contribution in [2.75, 3.05) is 39.3 Å². The van der Waals surface area contributed by atoms with E-state index in [1.165, 1.54) is 5.56 Å². The number of piperazine rings is 1. The summed E-state index contributed by atoms with van der Waals surface area (Å²) in [7, 11) is 0. The lowest BCUT2D eigenvalue weighted by Crippen LogP contribution is -2.50. The van der Waals surface area contributed by atoms with Crippen molar-refractivity contribution >= 4 is 45.0 Å². The largest absolute Gasteiger partial charge is 0.337 e. The highest BCUT2D eigenvalue weighted by Gasteiger charge is 2.32. The monoisotopic (exact) mass is 495 g/mol. The van der Waals surface area contributed by atoms with Crippen LogP contribution in [-0.2, 0) is 6.54 Å². The lowest BCUT2D eigenvalue weighted by molar-refractivity contribution is 0.0734. The van der Waals surface area contributed by atoms with E-state index in [2.05, 4.69) is 37.9 Å². The average Bonchev–Trinajstić information content (AvgIpc) is 3.22. The molecule has 1 unspecified atom stereocenters. The highest BCUT2D eigenvalue weighted by molar-refractivity contribution is 9.10. The second-order valence-corrected chi connectivity index (χ2v) is 9.46. The van der Waals surface area contributed by atoms with Gasteiger partial charge in [-0.05, 0) is 58.2 Å². The molecule has 2 fully saturated rings. The standard InChI is InChI=1S/C22H24BrCl2N3O/c23-20-13-17(3-6-21(20)25)22(29)28-8-7-19(15-28)27-11-9-26(10-12-27)14-16-1-4-18(24)5-2-16/h1-6,13,19H,7-12,14-15H2. The molecule has 0 saturated carbocycles. The fourth-order valence-electron chi connectivity index (χ4n) is 4.17. The van der Waals surface area contributed by atoms with Gasteiger partial charge in [-0.3, -0.25) is 14.6 Å². The number of carbonyl (C=O) groups excluding carboxylic acids is 1. The summed E-state index contributed by atoms with van der Waals surface area (Å²) >= 11 is 15.4. The summed E-state index contributed by atoms with van der Waals surface area (Å²) in [6, 6.07) is 14.0. The second-order valence-electron chi connectivity index (χ2n) is 7.76. The maximum absolute atomic E-state index is 12.8. The van der Waals surface area contributed by atoms with Crippen molar-refractivity contribution in [3.8, 4) is 0 Å².